The molecule has 3 saturated heterocycles. The average Bonchev–Trinajstić information content (AvgIpc) is 3.78. The van der Waals surface area contributed by atoms with Gasteiger partial charge in [-0.15, -0.1) is 11.3 Å². The normalized spacial score (nSPS) is 37.4. The Labute approximate surface area is 347 Å². The maximum Gasteiger partial charge on any atom is 0.431 e. The number of aromatic nitrogens is 1. The number of aliphatic hydroxyl groups excluding tert-OH is 1. The van der Waals surface area contributed by atoms with Crippen LogP contribution in [0.5, 0.6) is 0 Å². The second kappa shape index (κ2) is 17.6. The molecule has 15 heteroatoms. The quantitative estimate of drug-likeness (QED) is 0.222. The van der Waals surface area contributed by atoms with Gasteiger partial charge in [-0.3, -0.25) is 9.59 Å². The predicted octanol–water partition coefficient (Wildman–Crippen LogP) is 5.96. The number of methoxy groups -OCH3 is 1. The van der Waals surface area contributed by atoms with Gasteiger partial charge in [0.1, 0.15) is 29.2 Å². The van der Waals surface area contributed by atoms with Crippen molar-refractivity contribution in [1.29, 1.82) is 0 Å². The van der Waals surface area contributed by atoms with Crippen molar-refractivity contribution in [3.8, 4) is 10.6 Å². The highest BCUT2D eigenvalue weighted by Crippen LogP contribution is 2.46. The second-order valence-corrected chi connectivity index (χ2v) is 18.5. The van der Waals surface area contributed by atoms with Gasteiger partial charge in [0.25, 0.3) is 0 Å². The molecule has 5 heterocycles. The smallest absolute Gasteiger partial charge is 0.431 e. The number of hydrogen-bond acceptors (Lipinski definition) is 14. The summed E-state index contributed by atoms with van der Waals surface area (Å²) in [6.07, 6.45) is -0.0621. The van der Waals surface area contributed by atoms with Crippen molar-refractivity contribution in [3.05, 3.63) is 41.4 Å². The number of Topliss-reactive ketones (excluding diaryl/α,β-unsaturated/α-hetero) is 1. The standard InChI is InChI=1S/C43H63N5O9S/c1-12-32-43(8)36-26(4)33(45-47(48(36)41(52)57-43)20-16-19-30-23-44-38(58-30)29-17-14-13-15-18-29)24(2)22-42(7,53-11)37(27(5)34(49)28(6)39(51)55-32)56-40-35(50)31(46(9)10)21-25(3)54-40/h13-15,17-18,23-28,31-32,35-37,40,50H,12,16,19-22H2,1-11H3/t24-,25+,26-,27-,28+,31-,32-,35+,36-,37+,40-,42?,43-/m1/s1. The predicted molar refractivity (Wildman–Crippen MR) is 220 cm³/mol. The Hall–Kier alpha value is -3.47. The molecular formula is C43H63N5O9S. The number of hydrogen-bond donors (Lipinski definition) is 1. The summed E-state index contributed by atoms with van der Waals surface area (Å²) in [6, 6.07) is 9.25. The third-order valence-corrected chi connectivity index (χ3v) is 14.0. The number of aryl methyl sites for hydroxylation is 1. The lowest BCUT2D eigenvalue weighted by Gasteiger charge is -2.49. The number of hydrazine groups is 1. The summed E-state index contributed by atoms with van der Waals surface area (Å²) in [4.78, 5) is 50.1. The number of thiazole rings is 1. The molecule has 2 aromatic rings. The van der Waals surface area contributed by atoms with Gasteiger partial charge >= 0.3 is 12.1 Å². The summed E-state index contributed by atoms with van der Waals surface area (Å²) in [5.41, 5.74) is -0.509. The zero-order valence-electron chi connectivity index (χ0n) is 35.9. The number of hydrazone groups is 1. The van der Waals surface area contributed by atoms with Gasteiger partial charge in [0.05, 0.1) is 24.4 Å². The highest BCUT2D eigenvalue weighted by molar-refractivity contribution is 7.15. The molecule has 1 N–H and O–H groups in total. The lowest BCUT2D eigenvalue weighted by atomic mass is 9.73. The molecular weight excluding hydrogens is 763 g/mol. The maximum atomic E-state index is 14.4. The first-order chi connectivity index (χ1) is 27.4. The van der Waals surface area contributed by atoms with Gasteiger partial charge in [0.2, 0.25) is 0 Å². The summed E-state index contributed by atoms with van der Waals surface area (Å²) < 4.78 is 31.8. The van der Waals surface area contributed by atoms with E-state index in [1.165, 1.54) is 6.92 Å². The van der Waals surface area contributed by atoms with Gasteiger partial charge in [0, 0.05) is 47.3 Å². The van der Waals surface area contributed by atoms with Crippen molar-refractivity contribution in [1.82, 2.24) is 20.0 Å². The van der Waals surface area contributed by atoms with E-state index in [9.17, 15) is 19.5 Å². The highest BCUT2D eigenvalue weighted by Gasteiger charge is 2.63. The Morgan fingerprint density at radius 2 is 1.76 bits per heavy atom. The fourth-order valence-electron chi connectivity index (χ4n) is 9.65. The number of ether oxygens (including phenoxy) is 5. The molecule has 14 nitrogen and oxygen atoms in total. The average molecular weight is 826 g/mol. The van der Waals surface area contributed by atoms with Crippen LogP contribution >= 0.6 is 11.3 Å². The van der Waals surface area contributed by atoms with Crippen molar-refractivity contribution in [3.63, 3.8) is 0 Å². The number of esters is 1. The number of ketones is 1. The SMILES string of the molecule is CC[C@H]1OC(=O)[C@@H](C)C(=O)[C@@H](C)[C@H](O[C@H]2O[C@@H](C)C[C@@H](N(C)C)[C@@H]2O)C(C)(OC)C[C@@H](C)C2=NN(CCCc3cnc(-c4ccccc4)s3)N3C(=O)O[C@@]1(C)[C@H]3[C@@H]2C. The number of carbonyl (C=O) groups excluding carboxylic acids is 3. The van der Waals surface area contributed by atoms with Crippen molar-refractivity contribution < 1.29 is 43.2 Å². The van der Waals surface area contributed by atoms with E-state index in [1.807, 2.05) is 90.1 Å². The van der Waals surface area contributed by atoms with E-state index in [0.717, 1.165) is 27.6 Å². The van der Waals surface area contributed by atoms with Crippen LogP contribution in [-0.4, -0.2) is 130 Å². The van der Waals surface area contributed by atoms with Crippen molar-refractivity contribution in [2.24, 2.45) is 28.8 Å². The van der Waals surface area contributed by atoms with Crippen LogP contribution in [0.4, 0.5) is 4.79 Å². The summed E-state index contributed by atoms with van der Waals surface area (Å²) in [6.45, 7) is 15.3. The summed E-state index contributed by atoms with van der Waals surface area (Å²) in [5.74, 6) is -3.74. The molecule has 320 valence electrons. The molecule has 3 fully saturated rings. The molecule has 0 spiro atoms. The molecule has 0 saturated carbocycles. The van der Waals surface area contributed by atoms with Crippen molar-refractivity contribution >= 4 is 34.9 Å². The molecule has 1 unspecified atom stereocenters. The fourth-order valence-corrected chi connectivity index (χ4v) is 10.6. The Morgan fingerprint density at radius 3 is 2.41 bits per heavy atom. The largest absolute Gasteiger partial charge is 0.457 e. The second-order valence-electron chi connectivity index (χ2n) is 17.3. The van der Waals surface area contributed by atoms with E-state index < -0.39 is 71.5 Å². The number of aliphatic hydroxyl groups is 1. The van der Waals surface area contributed by atoms with Crippen LogP contribution in [0, 0.1) is 23.7 Å². The molecule has 0 aliphatic carbocycles. The van der Waals surface area contributed by atoms with E-state index >= 15 is 0 Å². The molecule has 1 aromatic heterocycles. The Balaban J connectivity index is 1.37. The zero-order chi connectivity index (χ0) is 42.3. The van der Waals surface area contributed by atoms with Crippen LogP contribution in [0.2, 0.25) is 0 Å². The number of benzene rings is 1. The van der Waals surface area contributed by atoms with E-state index in [0.29, 0.717) is 32.2 Å². The van der Waals surface area contributed by atoms with Gasteiger partial charge in [-0.25, -0.2) is 9.78 Å². The number of likely N-dealkylation sites (N-methyl/N-ethyl adjacent to an activating group) is 1. The first-order valence-corrected chi connectivity index (χ1v) is 21.6. The van der Waals surface area contributed by atoms with Gasteiger partial charge in [0.15, 0.2) is 17.7 Å². The van der Waals surface area contributed by atoms with Gasteiger partial charge in [-0.2, -0.15) is 15.2 Å². The number of nitrogens with zero attached hydrogens (tertiary/aromatic N) is 5. The molecule has 6 rings (SSSR count). The number of rotatable bonds is 10. The topological polar surface area (TPSA) is 153 Å². The third kappa shape index (κ3) is 8.44. The van der Waals surface area contributed by atoms with Crippen LogP contribution < -0.4 is 0 Å². The van der Waals surface area contributed by atoms with Gasteiger partial charge in [-0.1, -0.05) is 58.0 Å². The van der Waals surface area contributed by atoms with E-state index in [2.05, 4.69) is 11.9 Å². The molecule has 4 aliphatic rings. The Morgan fingerprint density at radius 1 is 1.05 bits per heavy atom. The van der Waals surface area contributed by atoms with Crippen LogP contribution in [-0.2, 0) is 39.7 Å². The molecule has 4 aliphatic heterocycles. The molecule has 2 bridgehead atoms. The van der Waals surface area contributed by atoms with Crippen LogP contribution in [0.15, 0.2) is 41.6 Å². The monoisotopic (exact) mass is 825 g/mol. The van der Waals surface area contributed by atoms with Crippen LogP contribution in [0.1, 0.15) is 86.0 Å². The van der Waals surface area contributed by atoms with E-state index in [-0.39, 0.29) is 24.0 Å². The number of fused-ring (bicyclic) bond motifs is 1. The molecule has 58 heavy (non-hydrogen) atoms. The van der Waals surface area contributed by atoms with Gasteiger partial charge in [-0.05, 0) is 79.8 Å². The van der Waals surface area contributed by atoms with E-state index in [4.69, 9.17) is 28.8 Å². The van der Waals surface area contributed by atoms with Crippen molar-refractivity contribution in [2.75, 3.05) is 27.7 Å². The summed E-state index contributed by atoms with van der Waals surface area (Å²) >= 11 is 1.65. The Bertz CT molecular complexity index is 1810. The highest BCUT2D eigenvalue weighted by atomic mass is 32.1. The van der Waals surface area contributed by atoms with E-state index in [1.54, 1.807) is 35.5 Å². The van der Waals surface area contributed by atoms with Crippen molar-refractivity contribution in [2.45, 2.75) is 141 Å². The minimum absolute atomic E-state index is 0.225. The minimum atomic E-state index is -1.26. The summed E-state index contributed by atoms with van der Waals surface area (Å²) in [5, 5.41) is 21.0. The zero-order valence-corrected chi connectivity index (χ0v) is 36.7. The van der Waals surface area contributed by atoms with Crippen LogP contribution in [0.3, 0.4) is 0 Å². The van der Waals surface area contributed by atoms with Gasteiger partial charge < -0.3 is 33.7 Å². The Kier molecular flexibility index (Phi) is 13.4. The molecule has 13 atom stereocenters. The number of carbonyl (C=O) groups is 3. The molecule has 1 aromatic carbocycles. The first kappa shape index (κ1) is 44.1. The lowest BCUT2D eigenvalue weighted by molar-refractivity contribution is -0.295. The molecule has 0 radical (unpaired) electrons. The fraction of sp³-hybridized carbons (Fsp3) is 0.698. The summed E-state index contributed by atoms with van der Waals surface area (Å²) in [7, 11) is 5.39. The molecule has 1 amide bonds. The maximum absolute atomic E-state index is 14.4. The third-order valence-electron chi connectivity index (χ3n) is 12.9. The number of amides is 1. The number of cyclic esters (lactones) is 1. The lowest BCUT2D eigenvalue weighted by Crippen LogP contribution is -2.63. The first-order valence-electron chi connectivity index (χ1n) is 20.8. The van der Waals surface area contributed by atoms with Crippen LogP contribution in [0.25, 0.3) is 10.6 Å². The minimum Gasteiger partial charge on any atom is -0.457 e.